The van der Waals surface area contributed by atoms with E-state index >= 15 is 0 Å². The zero-order chi connectivity index (χ0) is 25.8. The van der Waals surface area contributed by atoms with Gasteiger partial charge in [-0.2, -0.15) is 14.5 Å². The van der Waals surface area contributed by atoms with Crippen LogP contribution in [0.1, 0.15) is 11.1 Å². The highest BCUT2D eigenvalue weighted by atomic mass is 32.2. The van der Waals surface area contributed by atoms with Crippen molar-refractivity contribution in [3.05, 3.63) is 120 Å². The van der Waals surface area contributed by atoms with Gasteiger partial charge in [0.05, 0.1) is 16.3 Å². The highest BCUT2D eigenvalue weighted by molar-refractivity contribution is 7.89. The first-order valence-electron chi connectivity index (χ1n) is 11.6. The number of rotatable bonds is 6. The summed E-state index contributed by atoms with van der Waals surface area (Å²) in [4.78, 5) is 13.3. The first-order chi connectivity index (χ1) is 17.9. The maximum atomic E-state index is 13.5. The van der Waals surface area contributed by atoms with Gasteiger partial charge in [-0.05, 0) is 78.2 Å². The number of hydrogen-bond donors (Lipinski definition) is 1. The molecule has 1 aliphatic rings. The largest absolute Gasteiger partial charge is 0.325 e. The van der Waals surface area contributed by atoms with E-state index in [-0.39, 0.29) is 17.9 Å². The summed E-state index contributed by atoms with van der Waals surface area (Å²) in [6, 6.07) is 27.2. The van der Waals surface area contributed by atoms with Crippen molar-refractivity contribution < 1.29 is 17.6 Å². The van der Waals surface area contributed by atoms with E-state index in [1.165, 1.54) is 16.4 Å². The third-order valence-electron chi connectivity index (χ3n) is 6.10. The molecule has 1 heterocycles. The monoisotopic (exact) mass is 514 g/mol. The van der Waals surface area contributed by atoms with Gasteiger partial charge in [-0.25, -0.2) is 12.8 Å². The molecule has 9 heteroatoms. The standard InChI is InChI=1S/C28H23FN4O3S/c29-22-10-16-26(17-11-22)37(35,36)33-19-21-7-5-4-6-20(21)18-27(33)28(34)30-23-12-14-25(15-13-23)32-31-24-8-2-1-3-9-24/h1-17,27H,18-19H2,(H,30,34)/t27-/m0/s1. The minimum atomic E-state index is -4.07. The highest BCUT2D eigenvalue weighted by Gasteiger charge is 2.39. The molecule has 0 fully saturated rings. The molecule has 0 radical (unpaired) electrons. The van der Waals surface area contributed by atoms with Crippen LogP contribution in [0.25, 0.3) is 0 Å². The maximum absolute atomic E-state index is 13.5. The van der Waals surface area contributed by atoms with Crippen molar-refractivity contribution in [1.29, 1.82) is 0 Å². The van der Waals surface area contributed by atoms with Crippen molar-refractivity contribution in [2.24, 2.45) is 10.2 Å². The molecule has 7 nitrogen and oxygen atoms in total. The van der Waals surface area contributed by atoms with E-state index in [1.807, 2.05) is 54.6 Å². The van der Waals surface area contributed by atoms with E-state index in [2.05, 4.69) is 15.5 Å². The van der Waals surface area contributed by atoms with Gasteiger partial charge in [-0.15, -0.1) is 0 Å². The Balaban J connectivity index is 1.38. The second-order valence-electron chi connectivity index (χ2n) is 8.56. The number of hydrogen-bond acceptors (Lipinski definition) is 5. The number of carbonyl (C=O) groups excluding carboxylic acids is 1. The molecular weight excluding hydrogens is 491 g/mol. The van der Waals surface area contributed by atoms with Gasteiger partial charge in [-0.3, -0.25) is 4.79 Å². The lowest BCUT2D eigenvalue weighted by Crippen LogP contribution is -2.50. The van der Waals surface area contributed by atoms with Gasteiger partial charge < -0.3 is 5.32 Å². The normalized spacial score (nSPS) is 15.9. The fourth-order valence-electron chi connectivity index (χ4n) is 4.16. The van der Waals surface area contributed by atoms with Gasteiger partial charge >= 0.3 is 0 Å². The molecule has 0 unspecified atom stereocenters. The van der Waals surface area contributed by atoms with Gasteiger partial charge in [0, 0.05) is 12.2 Å². The Morgan fingerprint density at radius 3 is 2.05 bits per heavy atom. The second kappa shape index (κ2) is 10.4. The number of halogens is 1. The van der Waals surface area contributed by atoms with Crippen LogP contribution in [0, 0.1) is 5.82 Å². The minimum Gasteiger partial charge on any atom is -0.325 e. The van der Waals surface area contributed by atoms with E-state index in [1.54, 1.807) is 24.3 Å². The van der Waals surface area contributed by atoms with E-state index in [0.29, 0.717) is 11.4 Å². The van der Waals surface area contributed by atoms with Crippen molar-refractivity contribution in [3.8, 4) is 0 Å². The maximum Gasteiger partial charge on any atom is 0.244 e. The van der Waals surface area contributed by atoms with Gasteiger partial charge in [-0.1, -0.05) is 42.5 Å². The summed E-state index contributed by atoms with van der Waals surface area (Å²) in [5.41, 5.74) is 3.56. The summed E-state index contributed by atoms with van der Waals surface area (Å²) in [5, 5.41) is 11.2. The van der Waals surface area contributed by atoms with Crippen molar-refractivity contribution in [2.45, 2.75) is 23.9 Å². The second-order valence-corrected chi connectivity index (χ2v) is 10.5. The topological polar surface area (TPSA) is 91.2 Å². The van der Waals surface area contributed by atoms with E-state index in [0.717, 1.165) is 28.9 Å². The molecule has 1 aliphatic heterocycles. The van der Waals surface area contributed by atoms with Crippen LogP contribution in [0.3, 0.4) is 0 Å². The van der Waals surface area contributed by atoms with Crippen molar-refractivity contribution in [3.63, 3.8) is 0 Å². The molecule has 0 aliphatic carbocycles. The molecule has 37 heavy (non-hydrogen) atoms. The lowest BCUT2D eigenvalue weighted by atomic mass is 9.95. The van der Waals surface area contributed by atoms with Crippen LogP contribution in [0.4, 0.5) is 21.5 Å². The highest BCUT2D eigenvalue weighted by Crippen LogP contribution is 2.30. The zero-order valence-electron chi connectivity index (χ0n) is 19.7. The van der Waals surface area contributed by atoms with Crippen molar-refractivity contribution >= 4 is 33.0 Å². The number of sulfonamides is 1. The predicted octanol–water partition coefficient (Wildman–Crippen LogP) is 6.00. The Labute approximate surface area is 214 Å². The van der Waals surface area contributed by atoms with Gasteiger partial charge in [0.15, 0.2) is 0 Å². The average Bonchev–Trinajstić information content (AvgIpc) is 2.92. The third kappa shape index (κ3) is 5.47. The first kappa shape index (κ1) is 24.5. The summed E-state index contributed by atoms with van der Waals surface area (Å²) < 4.78 is 41.6. The summed E-state index contributed by atoms with van der Waals surface area (Å²) >= 11 is 0. The first-order valence-corrected chi connectivity index (χ1v) is 13.1. The molecule has 0 bridgehead atoms. The Morgan fingerprint density at radius 1 is 0.784 bits per heavy atom. The SMILES string of the molecule is O=C(Nc1ccc(N=Nc2ccccc2)cc1)[C@@H]1Cc2ccccc2CN1S(=O)(=O)c1ccc(F)cc1. The molecule has 4 aromatic carbocycles. The van der Waals surface area contributed by atoms with Gasteiger partial charge in [0.2, 0.25) is 15.9 Å². The minimum absolute atomic E-state index is 0.0345. The number of carbonyl (C=O) groups is 1. The fourth-order valence-corrected chi connectivity index (χ4v) is 5.73. The smallest absolute Gasteiger partial charge is 0.244 e. The summed E-state index contributed by atoms with van der Waals surface area (Å²) in [5.74, 6) is -0.997. The molecule has 5 rings (SSSR count). The molecule has 4 aromatic rings. The van der Waals surface area contributed by atoms with Crippen LogP contribution >= 0.6 is 0 Å². The Hall–Kier alpha value is -4.21. The van der Waals surface area contributed by atoms with E-state index in [9.17, 15) is 17.6 Å². The lowest BCUT2D eigenvalue weighted by Gasteiger charge is -2.35. The van der Waals surface area contributed by atoms with Crippen LogP contribution in [0.2, 0.25) is 0 Å². The molecule has 1 atom stereocenters. The van der Waals surface area contributed by atoms with Crippen molar-refractivity contribution in [1.82, 2.24) is 4.31 Å². The van der Waals surface area contributed by atoms with Crippen LogP contribution in [0.15, 0.2) is 118 Å². The molecular formula is C28H23FN4O3S. The summed E-state index contributed by atoms with van der Waals surface area (Å²) in [6.07, 6.45) is 0.214. The molecule has 1 amide bonds. The summed E-state index contributed by atoms with van der Waals surface area (Å²) in [6.45, 7) is 0.0345. The number of anilines is 1. The Kier molecular flexibility index (Phi) is 6.89. The fraction of sp³-hybridized carbons (Fsp3) is 0.107. The molecule has 0 saturated heterocycles. The van der Waals surface area contributed by atoms with Gasteiger partial charge in [0.25, 0.3) is 0 Å². The number of nitrogens with zero attached hydrogens (tertiary/aromatic N) is 3. The lowest BCUT2D eigenvalue weighted by molar-refractivity contribution is -0.120. The number of nitrogens with one attached hydrogen (secondary N) is 1. The molecule has 0 saturated carbocycles. The number of amides is 1. The molecule has 0 aromatic heterocycles. The number of fused-ring (bicyclic) bond motifs is 1. The number of azo groups is 1. The molecule has 186 valence electrons. The number of benzene rings is 4. The molecule has 0 spiro atoms. The predicted molar refractivity (Wildman–Crippen MR) is 139 cm³/mol. The third-order valence-corrected chi connectivity index (χ3v) is 7.97. The van der Waals surface area contributed by atoms with Crippen molar-refractivity contribution in [2.75, 3.05) is 5.32 Å². The van der Waals surface area contributed by atoms with Crippen LogP contribution in [-0.2, 0) is 27.8 Å². The Morgan fingerprint density at radius 2 is 1.38 bits per heavy atom. The average molecular weight is 515 g/mol. The van der Waals surface area contributed by atoms with E-state index < -0.39 is 27.8 Å². The quantitative estimate of drug-likeness (QED) is 0.320. The molecule has 1 N–H and O–H groups in total. The van der Waals surface area contributed by atoms with E-state index in [4.69, 9.17) is 0 Å². The summed E-state index contributed by atoms with van der Waals surface area (Å²) in [7, 11) is -4.07. The Bertz CT molecular complexity index is 1540. The zero-order valence-corrected chi connectivity index (χ0v) is 20.5. The van der Waals surface area contributed by atoms with Crippen LogP contribution < -0.4 is 5.32 Å². The van der Waals surface area contributed by atoms with Crippen LogP contribution in [-0.4, -0.2) is 24.7 Å². The van der Waals surface area contributed by atoms with Crippen LogP contribution in [0.5, 0.6) is 0 Å². The van der Waals surface area contributed by atoms with Gasteiger partial charge in [0.1, 0.15) is 11.9 Å².